The summed E-state index contributed by atoms with van der Waals surface area (Å²) in [6.07, 6.45) is 3.87. The van der Waals surface area contributed by atoms with Crippen molar-refractivity contribution >= 4 is 11.8 Å². The second-order valence-electron chi connectivity index (χ2n) is 6.98. The van der Waals surface area contributed by atoms with Crippen LogP contribution in [0.1, 0.15) is 52.7 Å². The van der Waals surface area contributed by atoms with Gasteiger partial charge in [-0.05, 0) is 43.0 Å². The van der Waals surface area contributed by atoms with E-state index in [0.29, 0.717) is 12.1 Å². The third kappa shape index (κ3) is 3.63. The van der Waals surface area contributed by atoms with E-state index in [9.17, 15) is 9.59 Å². The zero-order chi connectivity index (χ0) is 18.6. The average molecular weight is 352 g/mol. The zero-order valence-electron chi connectivity index (χ0n) is 14.9. The Morgan fingerprint density at radius 1 is 1.00 bits per heavy atom. The molecule has 2 amide bonds. The van der Waals surface area contributed by atoms with Crippen molar-refractivity contribution in [2.75, 3.05) is 0 Å². The number of hydrogen-bond acceptors (Lipinski definition) is 3. The lowest BCUT2D eigenvalue weighted by atomic mass is 9.77. The van der Waals surface area contributed by atoms with Crippen LogP contribution in [0, 0.1) is 6.92 Å². The third-order valence-electron chi connectivity index (χ3n) is 5.27. The standard InChI is InChI=1S/C21H24N2O3/c1-15-4-10-18(11-5-15)21(12-2-3-13-21)20(25)22-14-16-6-8-17(9-7-16)19(24)23-26/h4-11,26H,2-3,12-14H2,1H3,(H,22,25)(H,23,24). The summed E-state index contributed by atoms with van der Waals surface area (Å²) in [5, 5.41) is 11.7. The smallest absolute Gasteiger partial charge is 0.274 e. The van der Waals surface area contributed by atoms with Crippen molar-refractivity contribution in [2.24, 2.45) is 0 Å². The number of nitrogens with one attached hydrogen (secondary N) is 2. The minimum Gasteiger partial charge on any atom is -0.351 e. The van der Waals surface area contributed by atoms with E-state index in [4.69, 9.17) is 5.21 Å². The maximum absolute atomic E-state index is 13.0. The van der Waals surface area contributed by atoms with Gasteiger partial charge < -0.3 is 5.32 Å². The first-order valence-corrected chi connectivity index (χ1v) is 8.94. The van der Waals surface area contributed by atoms with Gasteiger partial charge in [0.05, 0.1) is 5.41 Å². The average Bonchev–Trinajstić information content (AvgIpc) is 3.17. The van der Waals surface area contributed by atoms with E-state index < -0.39 is 11.3 Å². The summed E-state index contributed by atoms with van der Waals surface area (Å²) in [5.41, 5.74) is 4.72. The molecule has 1 fully saturated rings. The number of aryl methyl sites for hydroxylation is 1. The second kappa shape index (κ2) is 7.70. The highest BCUT2D eigenvalue weighted by atomic mass is 16.5. The van der Waals surface area contributed by atoms with Crippen LogP contribution in [0.5, 0.6) is 0 Å². The summed E-state index contributed by atoms with van der Waals surface area (Å²) >= 11 is 0. The first-order chi connectivity index (χ1) is 12.5. The van der Waals surface area contributed by atoms with Gasteiger partial charge in [0.25, 0.3) is 5.91 Å². The first kappa shape index (κ1) is 18.1. The number of amides is 2. The highest BCUT2D eigenvalue weighted by molar-refractivity contribution is 5.93. The van der Waals surface area contributed by atoms with Crippen LogP contribution >= 0.6 is 0 Å². The van der Waals surface area contributed by atoms with Crippen LogP contribution in [-0.2, 0) is 16.8 Å². The van der Waals surface area contributed by atoms with Crippen LogP contribution in [0.3, 0.4) is 0 Å². The molecular weight excluding hydrogens is 328 g/mol. The van der Waals surface area contributed by atoms with Gasteiger partial charge >= 0.3 is 0 Å². The van der Waals surface area contributed by atoms with Crippen LogP contribution < -0.4 is 10.8 Å². The second-order valence-corrected chi connectivity index (χ2v) is 6.98. The van der Waals surface area contributed by atoms with Gasteiger partial charge in [-0.1, -0.05) is 54.8 Å². The van der Waals surface area contributed by atoms with Crippen LogP contribution in [-0.4, -0.2) is 17.0 Å². The molecule has 1 aliphatic rings. The third-order valence-corrected chi connectivity index (χ3v) is 5.27. The van der Waals surface area contributed by atoms with Crippen molar-refractivity contribution in [1.29, 1.82) is 0 Å². The minimum atomic E-state index is -0.551. The molecule has 5 heteroatoms. The van der Waals surface area contributed by atoms with E-state index in [0.717, 1.165) is 36.8 Å². The van der Waals surface area contributed by atoms with Crippen molar-refractivity contribution in [3.63, 3.8) is 0 Å². The maximum Gasteiger partial charge on any atom is 0.274 e. The van der Waals surface area contributed by atoms with Crippen molar-refractivity contribution in [3.05, 3.63) is 70.8 Å². The Labute approximate surface area is 153 Å². The number of benzene rings is 2. The molecule has 5 nitrogen and oxygen atoms in total. The van der Waals surface area contributed by atoms with Gasteiger partial charge in [-0.15, -0.1) is 0 Å². The Hall–Kier alpha value is -2.66. The summed E-state index contributed by atoms with van der Waals surface area (Å²) in [4.78, 5) is 24.4. The van der Waals surface area contributed by atoms with Crippen molar-refractivity contribution < 1.29 is 14.8 Å². The summed E-state index contributed by atoms with van der Waals surface area (Å²) in [7, 11) is 0. The Morgan fingerprint density at radius 3 is 2.19 bits per heavy atom. The van der Waals surface area contributed by atoms with Crippen LogP contribution in [0.4, 0.5) is 0 Å². The van der Waals surface area contributed by atoms with E-state index in [1.54, 1.807) is 29.7 Å². The van der Waals surface area contributed by atoms with E-state index in [1.165, 1.54) is 5.56 Å². The topological polar surface area (TPSA) is 78.4 Å². The van der Waals surface area contributed by atoms with E-state index >= 15 is 0 Å². The Morgan fingerprint density at radius 2 is 1.62 bits per heavy atom. The molecule has 2 aromatic carbocycles. The Bertz CT molecular complexity index is 776. The van der Waals surface area contributed by atoms with Crippen molar-refractivity contribution in [2.45, 2.75) is 44.6 Å². The highest BCUT2D eigenvalue weighted by Gasteiger charge is 2.42. The van der Waals surface area contributed by atoms with Gasteiger partial charge in [0, 0.05) is 12.1 Å². The lowest BCUT2D eigenvalue weighted by Crippen LogP contribution is -2.42. The molecule has 0 atom stereocenters. The Kier molecular flexibility index (Phi) is 5.38. The van der Waals surface area contributed by atoms with Crippen LogP contribution in [0.25, 0.3) is 0 Å². The number of rotatable bonds is 5. The predicted octanol–water partition coefficient (Wildman–Crippen LogP) is 3.24. The fourth-order valence-electron chi connectivity index (χ4n) is 3.69. The molecule has 26 heavy (non-hydrogen) atoms. The summed E-state index contributed by atoms with van der Waals surface area (Å²) < 4.78 is 0. The molecular formula is C21H24N2O3. The molecule has 136 valence electrons. The van der Waals surface area contributed by atoms with Gasteiger partial charge in [-0.3, -0.25) is 14.8 Å². The van der Waals surface area contributed by atoms with Gasteiger partial charge in [-0.25, -0.2) is 5.48 Å². The largest absolute Gasteiger partial charge is 0.351 e. The van der Waals surface area contributed by atoms with Crippen molar-refractivity contribution in [3.8, 4) is 0 Å². The fraction of sp³-hybridized carbons (Fsp3) is 0.333. The lowest BCUT2D eigenvalue weighted by molar-refractivity contribution is -0.126. The molecule has 0 aliphatic heterocycles. The monoisotopic (exact) mass is 352 g/mol. The maximum atomic E-state index is 13.0. The van der Waals surface area contributed by atoms with Crippen LogP contribution in [0.15, 0.2) is 48.5 Å². The molecule has 1 saturated carbocycles. The summed E-state index contributed by atoms with van der Waals surface area (Å²) in [6.45, 7) is 2.46. The highest BCUT2D eigenvalue weighted by Crippen LogP contribution is 2.41. The number of carbonyl (C=O) groups excluding carboxylic acids is 2. The molecule has 0 radical (unpaired) electrons. The van der Waals surface area contributed by atoms with Gasteiger partial charge in [0.2, 0.25) is 5.91 Å². The zero-order valence-corrected chi connectivity index (χ0v) is 14.9. The molecule has 3 rings (SSSR count). The van der Waals surface area contributed by atoms with Crippen LogP contribution in [0.2, 0.25) is 0 Å². The summed E-state index contributed by atoms with van der Waals surface area (Å²) in [6, 6.07) is 15.1. The van der Waals surface area contributed by atoms with Gasteiger partial charge in [-0.2, -0.15) is 0 Å². The quantitative estimate of drug-likeness (QED) is 0.571. The molecule has 0 unspecified atom stereocenters. The predicted molar refractivity (Wildman–Crippen MR) is 98.9 cm³/mol. The molecule has 0 spiro atoms. The molecule has 2 aromatic rings. The van der Waals surface area contributed by atoms with E-state index in [-0.39, 0.29) is 5.91 Å². The number of hydroxylamine groups is 1. The van der Waals surface area contributed by atoms with Crippen molar-refractivity contribution in [1.82, 2.24) is 10.8 Å². The van der Waals surface area contributed by atoms with Gasteiger partial charge in [0.15, 0.2) is 0 Å². The van der Waals surface area contributed by atoms with Gasteiger partial charge in [0.1, 0.15) is 0 Å². The fourth-order valence-corrected chi connectivity index (χ4v) is 3.69. The summed E-state index contributed by atoms with van der Waals surface area (Å²) in [5.74, 6) is -0.485. The SMILES string of the molecule is Cc1ccc(C2(C(=O)NCc3ccc(C(=O)NO)cc3)CCCC2)cc1. The molecule has 0 aromatic heterocycles. The molecule has 1 aliphatic carbocycles. The lowest BCUT2D eigenvalue weighted by Gasteiger charge is -2.28. The minimum absolute atomic E-state index is 0.0658. The normalized spacial score (nSPS) is 15.5. The Balaban J connectivity index is 1.71. The molecule has 0 bridgehead atoms. The van der Waals surface area contributed by atoms with E-state index in [1.807, 2.05) is 6.92 Å². The number of carbonyl (C=O) groups is 2. The first-order valence-electron chi connectivity index (χ1n) is 8.94. The molecule has 0 heterocycles. The molecule has 0 saturated heterocycles. The molecule has 3 N–H and O–H groups in total. The van der Waals surface area contributed by atoms with E-state index in [2.05, 4.69) is 29.6 Å². The number of hydrogen-bond donors (Lipinski definition) is 3.